The fourth-order valence-electron chi connectivity index (χ4n) is 6.88. The van der Waals surface area contributed by atoms with Crippen molar-refractivity contribution >= 4 is 29.1 Å². The second-order valence-corrected chi connectivity index (χ2v) is 11.5. The van der Waals surface area contributed by atoms with E-state index in [4.69, 9.17) is 5.73 Å². The standard InChI is InChI=1S/C28H33FN4O8/c1-32(2)21-14-9-12-8-13-15(29)10-16(31-17(34)11-33-6-4-3-5-7-33)22(35)19(13)23(36)18(12)25(38)28(14,41)26(39)20(24(21)37)27(30)40/h10,12,14,21,35,37-38,41H,3-9,11H2,1-2H3,(H2,30,40)(H,31,34)/t12-,14-,21-,28-/m0/s1. The fraction of sp³-hybridized carbons (Fsp3) is 0.500. The zero-order valence-corrected chi connectivity index (χ0v) is 22.7. The number of ketones is 2. The van der Waals surface area contributed by atoms with Crippen LogP contribution in [-0.2, 0) is 20.8 Å². The Hall–Kier alpha value is -3.81. The van der Waals surface area contributed by atoms with E-state index in [2.05, 4.69) is 5.32 Å². The van der Waals surface area contributed by atoms with Crippen molar-refractivity contribution in [3.63, 3.8) is 0 Å². The summed E-state index contributed by atoms with van der Waals surface area (Å²) in [6.07, 6.45) is 2.62. The Morgan fingerprint density at radius 2 is 1.83 bits per heavy atom. The number of nitrogens with one attached hydrogen (secondary N) is 1. The van der Waals surface area contributed by atoms with Crippen LogP contribution in [0.4, 0.5) is 10.1 Å². The number of primary amides is 1. The molecule has 0 aromatic heterocycles. The Morgan fingerprint density at radius 1 is 1.17 bits per heavy atom. The molecular weight excluding hydrogens is 539 g/mol. The number of hydrogen-bond acceptors (Lipinski definition) is 10. The van der Waals surface area contributed by atoms with Gasteiger partial charge in [-0.05, 0) is 58.8 Å². The van der Waals surface area contributed by atoms with Gasteiger partial charge in [-0.25, -0.2) is 4.39 Å². The normalized spacial score (nSPS) is 28.4. The molecule has 3 aliphatic carbocycles. The molecule has 4 aliphatic rings. The predicted octanol–water partition coefficient (Wildman–Crippen LogP) is 0.684. The number of rotatable bonds is 5. The maximum atomic E-state index is 15.4. The van der Waals surface area contributed by atoms with E-state index >= 15 is 4.39 Å². The number of likely N-dealkylation sites (N-methyl/N-ethyl adjacent to an activating group) is 1. The minimum atomic E-state index is -2.79. The number of carbonyl (C=O) groups excluding carboxylic acids is 4. The van der Waals surface area contributed by atoms with Crippen LogP contribution in [0.5, 0.6) is 5.75 Å². The average Bonchev–Trinajstić information content (AvgIpc) is 2.89. The van der Waals surface area contributed by atoms with E-state index < -0.39 is 86.7 Å². The van der Waals surface area contributed by atoms with Crippen molar-refractivity contribution in [1.82, 2.24) is 9.80 Å². The van der Waals surface area contributed by atoms with Crippen molar-refractivity contribution in [1.29, 1.82) is 0 Å². The van der Waals surface area contributed by atoms with Crippen LogP contribution in [0.2, 0.25) is 0 Å². The summed E-state index contributed by atoms with van der Waals surface area (Å²) in [5, 5.41) is 47.2. The molecule has 1 aromatic carbocycles. The molecule has 1 saturated heterocycles. The molecule has 7 N–H and O–H groups in total. The maximum Gasteiger partial charge on any atom is 0.255 e. The van der Waals surface area contributed by atoms with Gasteiger partial charge in [0.2, 0.25) is 11.7 Å². The monoisotopic (exact) mass is 572 g/mol. The topological polar surface area (TPSA) is 194 Å². The summed E-state index contributed by atoms with van der Waals surface area (Å²) in [4.78, 5) is 55.2. The van der Waals surface area contributed by atoms with Crippen molar-refractivity contribution in [2.45, 2.75) is 43.7 Å². The smallest absolute Gasteiger partial charge is 0.255 e. The van der Waals surface area contributed by atoms with Gasteiger partial charge in [-0.1, -0.05) is 6.42 Å². The molecule has 12 nitrogen and oxygen atoms in total. The summed E-state index contributed by atoms with van der Waals surface area (Å²) in [5.41, 5.74) is 0.247. The SMILES string of the molecule is CN(C)[C@@H]1C(O)=C(C(N)=O)C(=O)[C@@]2(O)C(O)=C3C(=O)c4c(O)c(NC(=O)CN5CCCCC5)cc(F)c4C[C@H]3C[C@@H]12. The lowest BCUT2D eigenvalue weighted by molar-refractivity contribution is -0.148. The number of likely N-dealkylation sites (tertiary alicyclic amines) is 1. The molecule has 4 atom stereocenters. The van der Waals surface area contributed by atoms with Gasteiger partial charge in [0.1, 0.15) is 22.9 Å². The van der Waals surface area contributed by atoms with Crippen molar-refractivity contribution in [2.75, 3.05) is 39.0 Å². The summed E-state index contributed by atoms with van der Waals surface area (Å²) in [6, 6.07) is -0.208. The van der Waals surface area contributed by atoms with E-state index in [1.807, 2.05) is 4.90 Å². The van der Waals surface area contributed by atoms with Gasteiger partial charge in [0.15, 0.2) is 17.1 Å². The zero-order valence-electron chi connectivity index (χ0n) is 22.7. The van der Waals surface area contributed by atoms with E-state index in [0.29, 0.717) is 0 Å². The van der Waals surface area contributed by atoms with Gasteiger partial charge in [-0.3, -0.25) is 29.0 Å². The number of anilines is 1. The van der Waals surface area contributed by atoms with E-state index in [9.17, 15) is 39.6 Å². The highest BCUT2D eigenvalue weighted by atomic mass is 19.1. The number of aromatic hydroxyl groups is 1. The lowest BCUT2D eigenvalue weighted by Gasteiger charge is -2.50. The van der Waals surface area contributed by atoms with Gasteiger partial charge >= 0.3 is 0 Å². The fourth-order valence-corrected chi connectivity index (χ4v) is 6.88. The van der Waals surface area contributed by atoms with Crippen LogP contribution in [0.1, 0.15) is 41.6 Å². The first-order valence-corrected chi connectivity index (χ1v) is 13.5. The summed E-state index contributed by atoms with van der Waals surface area (Å²) in [5.74, 6) is -9.62. The molecule has 0 spiro atoms. The number of fused-ring (bicyclic) bond motifs is 3. The van der Waals surface area contributed by atoms with Crippen LogP contribution in [0, 0.1) is 17.7 Å². The van der Waals surface area contributed by atoms with Gasteiger partial charge in [0, 0.05) is 23.1 Å². The van der Waals surface area contributed by atoms with Crippen LogP contribution in [0.25, 0.3) is 0 Å². The quantitative estimate of drug-likeness (QED) is 0.216. The van der Waals surface area contributed by atoms with E-state index in [-0.39, 0.29) is 30.6 Å². The van der Waals surface area contributed by atoms with Gasteiger partial charge in [0.25, 0.3) is 5.91 Å². The molecule has 0 saturated carbocycles. The van der Waals surface area contributed by atoms with Crippen molar-refractivity contribution in [3.8, 4) is 5.75 Å². The first-order chi connectivity index (χ1) is 19.3. The van der Waals surface area contributed by atoms with Crippen LogP contribution in [0.3, 0.4) is 0 Å². The van der Waals surface area contributed by atoms with Gasteiger partial charge in [-0.2, -0.15) is 0 Å². The van der Waals surface area contributed by atoms with Crippen LogP contribution < -0.4 is 11.1 Å². The number of phenols is 1. The summed E-state index contributed by atoms with van der Waals surface area (Å²) in [7, 11) is 3.04. The third-order valence-electron chi connectivity index (χ3n) is 8.76. The highest BCUT2D eigenvalue weighted by molar-refractivity contribution is 6.25. The third-order valence-corrected chi connectivity index (χ3v) is 8.76. The number of piperidine rings is 1. The Kier molecular flexibility index (Phi) is 7.16. The van der Waals surface area contributed by atoms with Crippen LogP contribution in [0.15, 0.2) is 28.7 Å². The highest BCUT2D eigenvalue weighted by Gasteiger charge is 2.63. The lowest BCUT2D eigenvalue weighted by atomic mass is 9.58. The molecule has 0 bridgehead atoms. The number of halogens is 1. The molecule has 2 amide bonds. The lowest BCUT2D eigenvalue weighted by Crippen LogP contribution is -2.63. The molecule has 220 valence electrons. The number of carbonyl (C=O) groups is 4. The Morgan fingerprint density at radius 3 is 2.44 bits per heavy atom. The molecule has 41 heavy (non-hydrogen) atoms. The Balaban J connectivity index is 1.56. The first kappa shape index (κ1) is 28.7. The minimum Gasteiger partial charge on any atom is -0.510 e. The van der Waals surface area contributed by atoms with Crippen LogP contribution in [-0.4, -0.2) is 99.0 Å². The van der Waals surface area contributed by atoms with E-state index in [0.717, 1.165) is 38.4 Å². The second kappa shape index (κ2) is 10.2. The number of benzene rings is 1. The minimum absolute atomic E-state index is 0.0201. The van der Waals surface area contributed by atoms with Gasteiger partial charge in [-0.15, -0.1) is 0 Å². The summed E-state index contributed by atoms with van der Waals surface area (Å²) in [6.45, 7) is 1.48. The molecule has 13 heteroatoms. The van der Waals surface area contributed by atoms with Crippen molar-refractivity contribution in [3.05, 3.63) is 45.7 Å². The highest BCUT2D eigenvalue weighted by Crippen LogP contribution is 2.53. The number of Topliss-reactive ketones (excluding diaryl/α,β-unsaturated/α-hetero) is 2. The Bertz CT molecular complexity index is 1430. The predicted molar refractivity (Wildman–Crippen MR) is 143 cm³/mol. The molecular formula is C28H33FN4O8. The number of allylic oxidation sites excluding steroid dienone is 1. The molecule has 5 rings (SSSR count). The number of nitrogens with zero attached hydrogens (tertiary/aromatic N) is 2. The van der Waals surface area contributed by atoms with Gasteiger partial charge in [0.05, 0.1) is 23.8 Å². The summed E-state index contributed by atoms with van der Waals surface area (Å²) >= 11 is 0. The Labute approximate surface area is 234 Å². The van der Waals surface area contributed by atoms with E-state index in [1.54, 1.807) is 0 Å². The number of aliphatic hydroxyl groups excluding tert-OH is 2. The van der Waals surface area contributed by atoms with Crippen molar-refractivity contribution in [2.24, 2.45) is 17.6 Å². The number of hydrogen-bond donors (Lipinski definition) is 6. The third kappa shape index (κ3) is 4.39. The number of nitrogens with two attached hydrogens (primary N) is 1. The number of phenolic OH excluding ortho intramolecular Hbond substituents is 1. The van der Waals surface area contributed by atoms with Crippen LogP contribution >= 0.6 is 0 Å². The first-order valence-electron chi connectivity index (χ1n) is 13.5. The molecule has 0 radical (unpaired) electrons. The average molecular weight is 573 g/mol. The largest absolute Gasteiger partial charge is 0.510 e. The molecule has 1 aliphatic heterocycles. The van der Waals surface area contributed by atoms with Crippen molar-refractivity contribution < 1.29 is 44.0 Å². The number of aliphatic hydroxyl groups is 3. The molecule has 1 heterocycles. The van der Waals surface area contributed by atoms with E-state index in [1.165, 1.54) is 19.0 Å². The zero-order chi connectivity index (χ0) is 30.0. The molecule has 0 unspecified atom stereocenters. The molecule has 1 aromatic rings. The maximum absolute atomic E-state index is 15.4. The summed E-state index contributed by atoms with van der Waals surface area (Å²) < 4.78 is 15.4. The number of amides is 2. The van der Waals surface area contributed by atoms with Gasteiger partial charge < -0.3 is 31.5 Å². The molecule has 1 fully saturated rings. The second-order valence-electron chi connectivity index (χ2n) is 11.5.